The quantitative estimate of drug-likeness (QED) is 0.715. The standard InChI is InChI=1S/C10H15N3O2/c1-7-4-2-3-5-13(7)10(15)8-6-9(14)12-11-8/h6-7H,2-5H2,1H3,(H2,11,12,14). The zero-order valence-corrected chi connectivity index (χ0v) is 8.75. The molecule has 15 heavy (non-hydrogen) atoms. The van der Waals surface area contributed by atoms with Gasteiger partial charge in [0, 0.05) is 18.7 Å². The van der Waals surface area contributed by atoms with E-state index in [1.165, 1.54) is 12.5 Å². The van der Waals surface area contributed by atoms with Gasteiger partial charge in [-0.15, -0.1) is 0 Å². The summed E-state index contributed by atoms with van der Waals surface area (Å²) < 4.78 is 0. The minimum atomic E-state index is -0.261. The Hall–Kier alpha value is -1.52. The molecule has 5 nitrogen and oxygen atoms in total. The third kappa shape index (κ3) is 1.95. The molecule has 1 saturated heterocycles. The van der Waals surface area contributed by atoms with E-state index in [0.29, 0.717) is 5.69 Å². The lowest BCUT2D eigenvalue weighted by molar-refractivity contribution is 0.0629. The molecule has 1 aliphatic heterocycles. The summed E-state index contributed by atoms with van der Waals surface area (Å²) >= 11 is 0. The number of carbonyl (C=O) groups excluding carboxylic acids is 1. The number of nitrogens with zero attached hydrogens (tertiary/aromatic N) is 1. The second-order valence-corrected chi connectivity index (χ2v) is 4.02. The number of hydrogen-bond donors (Lipinski definition) is 2. The molecule has 5 heteroatoms. The number of amides is 1. The molecule has 0 aliphatic carbocycles. The lowest BCUT2D eigenvalue weighted by atomic mass is 10.0. The summed E-state index contributed by atoms with van der Waals surface area (Å²) in [4.78, 5) is 24.7. The van der Waals surface area contributed by atoms with Gasteiger partial charge in [-0.2, -0.15) is 0 Å². The van der Waals surface area contributed by atoms with Crippen LogP contribution in [-0.4, -0.2) is 33.6 Å². The molecule has 1 aliphatic rings. The highest BCUT2D eigenvalue weighted by Crippen LogP contribution is 2.17. The van der Waals surface area contributed by atoms with E-state index in [4.69, 9.17) is 0 Å². The number of hydrogen-bond acceptors (Lipinski definition) is 2. The zero-order chi connectivity index (χ0) is 10.8. The van der Waals surface area contributed by atoms with Gasteiger partial charge in [0.1, 0.15) is 5.69 Å². The van der Waals surface area contributed by atoms with Gasteiger partial charge >= 0.3 is 0 Å². The van der Waals surface area contributed by atoms with Gasteiger partial charge in [-0.1, -0.05) is 0 Å². The van der Waals surface area contributed by atoms with Crippen molar-refractivity contribution in [1.29, 1.82) is 0 Å². The molecule has 82 valence electrons. The van der Waals surface area contributed by atoms with Gasteiger partial charge in [0.2, 0.25) is 0 Å². The number of rotatable bonds is 1. The minimum Gasteiger partial charge on any atom is -0.335 e. The molecule has 2 heterocycles. The molecule has 2 rings (SSSR count). The number of aromatic nitrogens is 2. The van der Waals surface area contributed by atoms with Crippen LogP contribution in [0, 0.1) is 0 Å². The highest BCUT2D eigenvalue weighted by molar-refractivity contribution is 5.92. The van der Waals surface area contributed by atoms with Crippen LogP contribution in [0.2, 0.25) is 0 Å². The Labute approximate surface area is 87.5 Å². The fourth-order valence-corrected chi connectivity index (χ4v) is 2.00. The largest absolute Gasteiger partial charge is 0.335 e. The minimum absolute atomic E-state index is 0.0828. The SMILES string of the molecule is CC1CCCCN1C(=O)c1cc(=O)[nH][nH]1. The normalized spacial score (nSPS) is 21.7. The third-order valence-corrected chi connectivity index (χ3v) is 2.89. The van der Waals surface area contributed by atoms with E-state index in [-0.39, 0.29) is 17.5 Å². The van der Waals surface area contributed by atoms with Gasteiger partial charge in [0.15, 0.2) is 0 Å². The Morgan fingerprint density at radius 1 is 1.47 bits per heavy atom. The maximum Gasteiger partial charge on any atom is 0.272 e. The van der Waals surface area contributed by atoms with Crippen molar-refractivity contribution in [3.05, 3.63) is 22.1 Å². The van der Waals surface area contributed by atoms with Crippen LogP contribution in [0.25, 0.3) is 0 Å². The first-order valence-corrected chi connectivity index (χ1v) is 5.27. The van der Waals surface area contributed by atoms with E-state index in [0.717, 1.165) is 19.4 Å². The lowest BCUT2D eigenvalue weighted by Gasteiger charge is -2.32. The molecule has 1 aromatic rings. The van der Waals surface area contributed by atoms with Gasteiger partial charge in [0.25, 0.3) is 11.5 Å². The van der Waals surface area contributed by atoms with E-state index in [9.17, 15) is 9.59 Å². The summed E-state index contributed by atoms with van der Waals surface area (Å²) in [6.45, 7) is 2.83. The third-order valence-electron chi connectivity index (χ3n) is 2.89. The average molecular weight is 209 g/mol. The van der Waals surface area contributed by atoms with Crippen molar-refractivity contribution in [2.75, 3.05) is 6.54 Å². The molecule has 0 radical (unpaired) electrons. The van der Waals surface area contributed by atoms with Crippen molar-refractivity contribution in [3.63, 3.8) is 0 Å². The Bertz CT molecular complexity index is 407. The topological polar surface area (TPSA) is 69.0 Å². The molecule has 1 aromatic heterocycles. The number of nitrogens with one attached hydrogen (secondary N) is 2. The first-order chi connectivity index (χ1) is 7.18. The van der Waals surface area contributed by atoms with Crippen LogP contribution in [0.4, 0.5) is 0 Å². The summed E-state index contributed by atoms with van der Waals surface area (Å²) in [7, 11) is 0. The summed E-state index contributed by atoms with van der Waals surface area (Å²) in [6.07, 6.45) is 3.26. The van der Waals surface area contributed by atoms with Crippen molar-refractivity contribution in [1.82, 2.24) is 15.1 Å². The van der Waals surface area contributed by atoms with Gasteiger partial charge in [-0.25, -0.2) is 0 Å². The molecule has 1 atom stereocenters. The van der Waals surface area contributed by atoms with Gasteiger partial charge in [-0.3, -0.25) is 19.8 Å². The van der Waals surface area contributed by atoms with Gasteiger partial charge in [0.05, 0.1) is 0 Å². The van der Waals surface area contributed by atoms with Gasteiger partial charge < -0.3 is 4.90 Å². The molecule has 1 fully saturated rings. The number of likely N-dealkylation sites (tertiary alicyclic amines) is 1. The van der Waals surface area contributed by atoms with Crippen molar-refractivity contribution in [3.8, 4) is 0 Å². The van der Waals surface area contributed by atoms with Crippen LogP contribution in [0.15, 0.2) is 10.9 Å². The van der Waals surface area contributed by atoms with Crippen LogP contribution in [0.1, 0.15) is 36.7 Å². The molecule has 0 spiro atoms. The molecular weight excluding hydrogens is 194 g/mol. The summed E-state index contributed by atoms with van der Waals surface area (Å²) in [5.41, 5.74) is 0.0942. The van der Waals surface area contributed by atoms with Gasteiger partial charge in [-0.05, 0) is 26.2 Å². The zero-order valence-electron chi connectivity index (χ0n) is 8.75. The first kappa shape index (κ1) is 10.0. The molecular formula is C10H15N3O2. The Kier molecular flexibility index (Phi) is 2.62. The van der Waals surface area contributed by atoms with Crippen LogP contribution in [-0.2, 0) is 0 Å². The average Bonchev–Trinajstić information content (AvgIpc) is 2.65. The number of H-pyrrole nitrogens is 2. The van der Waals surface area contributed by atoms with Crippen LogP contribution < -0.4 is 5.56 Å². The Morgan fingerprint density at radius 2 is 2.27 bits per heavy atom. The van der Waals surface area contributed by atoms with Crippen LogP contribution in [0.3, 0.4) is 0 Å². The molecule has 0 saturated carbocycles. The second kappa shape index (κ2) is 3.92. The predicted molar refractivity (Wildman–Crippen MR) is 55.8 cm³/mol. The highest BCUT2D eigenvalue weighted by atomic mass is 16.2. The summed E-state index contributed by atoms with van der Waals surface area (Å²) in [5.74, 6) is -0.0828. The van der Waals surface area contributed by atoms with E-state index < -0.39 is 0 Å². The summed E-state index contributed by atoms with van der Waals surface area (Å²) in [6, 6.07) is 1.58. The van der Waals surface area contributed by atoms with E-state index in [2.05, 4.69) is 10.2 Å². The van der Waals surface area contributed by atoms with E-state index in [1.54, 1.807) is 0 Å². The maximum atomic E-state index is 12.0. The van der Waals surface area contributed by atoms with Crippen molar-refractivity contribution in [2.24, 2.45) is 0 Å². The second-order valence-electron chi connectivity index (χ2n) is 4.02. The fourth-order valence-electron chi connectivity index (χ4n) is 2.00. The maximum absolute atomic E-state index is 12.0. The molecule has 0 bridgehead atoms. The first-order valence-electron chi connectivity index (χ1n) is 5.27. The van der Waals surface area contributed by atoms with E-state index >= 15 is 0 Å². The predicted octanol–water partition coefficient (Wildman–Crippen LogP) is 0.718. The fraction of sp³-hybridized carbons (Fsp3) is 0.600. The number of piperidine rings is 1. The monoisotopic (exact) mass is 209 g/mol. The molecule has 2 N–H and O–H groups in total. The number of aromatic amines is 2. The van der Waals surface area contributed by atoms with Crippen LogP contribution >= 0.6 is 0 Å². The molecule has 1 unspecified atom stereocenters. The van der Waals surface area contributed by atoms with Crippen LogP contribution in [0.5, 0.6) is 0 Å². The lowest BCUT2D eigenvalue weighted by Crippen LogP contribution is -2.42. The highest BCUT2D eigenvalue weighted by Gasteiger charge is 2.24. The van der Waals surface area contributed by atoms with Crippen molar-refractivity contribution >= 4 is 5.91 Å². The van der Waals surface area contributed by atoms with Crippen molar-refractivity contribution < 1.29 is 4.79 Å². The Morgan fingerprint density at radius 3 is 2.87 bits per heavy atom. The van der Waals surface area contributed by atoms with Crippen molar-refractivity contribution in [2.45, 2.75) is 32.2 Å². The molecule has 0 aromatic carbocycles. The smallest absolute Gasteiger partial charge is 0.272 e. The summed E-state index contributed by atoms with van der Waals surface area (Å²) in [5, 5.41) is 4.97. The van der Waals surface area contributed by atoms with E-state index in [1.807, 2.05) is 11.8 Å². The Balaban J connectivity index is 2.16. The number of carbonyl (C=O) groups is 1. The molecule has 1 amide bonds.